The van der Waals surface area contributed by atoms with Crippen molar-refractivity contribution in [3.8, 4) is 0 Å². The first-order valence-electron chi connectivity index (χ1n) is 5.85. The molecule has 92 valence electrons. The molecule has 0 atom stereocenters. The van der Waals surface area contributed by atoms with Crippen LogP contribution in [0.15, 0.2) is 18.6 Å². The molecule has 0 spiro atoms. The topological polar surface area (TPSA) is 55.3 Å². The SMILES string of the molecule is COCC1CCN(C(=O)c2cnccn2)CC1. The fraction of sp³-hybridized carbons (Fsp3) is 0.583. The maximum atomic E-state index is 12.1. The lowest BCUT2D eigenvalue weighted by Crippen LogP contribution is -2.39. The summed E-state index contributed by atoms with van der Waals surface area (Å²) < 4.78 is 5.14. The summed E-state index contributed by atoms with van der Waals surface area (Å²) in [4.78, 5) is 21.8. The molecule has 1 aliphatic heterocycles. The highest BCUT2D eigenvalue weighted by Gasteiger charge is 2.24. The molecular weight excluding hydrogens is 218 g/mol. The molecule has 1 aliphatic rings. The lowest BCUT2D eigenvalue weighted by molar-refractivity contribution is 0.0608. The highest BCUT2D eigenvalue weighted by atomic mass is 16.5. The molecule has 5 heteroatoms. The highest BCUT2D eigenvalue weighted by molar-refractivity contribution is 5.91. The molecule has 2 rings (SSSR count). The summed E-state index contributed by atoms with van der Waals surface area (Å²) >= 11 is 0. The molecular formula is C12H17N3O2. The molecule has 1 aromatic rings. The fourth-order valence-corrected chi connectivity index (χ4v) is 2.11. The predicted octanol–water partition coefficient (Wildman–Crippen LogP) is 0.975. The Morgan fingerprint density at radius 2 is 2.24 bits per heavy atom. The Hall–Kier alpha value is -1.49. The Labute approximate surface area is 101 Å². The van der Waals surface area contributed by atoms with Gasteiger partial charge in [-0.05, 0) is 18.8 Å². The Morgan fingerprint density at radius 1 is 1.47 bits per heavy atom. The maximum absolute atomic E-state index is 12.1. The molecule has 2 heterocycles. The molecule has 0 radical (unpaired) electrons. The van der Waals surface area contributed by atoms with E-state index in [4.69, 9.17) is 4.74 Å². The Balaban J connectivity index is 1.91. The van der Waals surface area contributed by atoms with E-state index < -0.39 is 0 Å². The smallest absolute Gasteiger partial charge is 0.274 e. The van der Waals surface area contributed by atoms with Gasteiger partial charge in [-0.25, -0.2) is 4.98 Å². The second-order valence-electron chi connectivity index (χ2n) is 4.28. The summed E-state index contributed by atoms with van der Waals surface area (Å²) in [6, 6.07) is 0. The van der Waals surface area contributed by atoms with Crippen molar-refractivity contribution in [2.45, 2.75) is 12.8 Å². The van der Waals surface area contributed by atoms with Crippen molar-refractivity contribution in [2.24, 2.45) is 5.92 Å². The third-order valence-corrected chi connectivity index (χ3v) is 3.09. The van der Waals surface area contributed by atoms with Gasteiger partial charge in [0, 0.05) is 39.2 Å². The maximum Gasteiger partial charge on any atom is 0.274 e. The average Bonchev–Trinajstić information content (AvgIpc) is 2.40. The number of rotatable bonds is 3. The van der Waals surface area contributed by atoms with Crippen LogP contribution in [0.1, 0.15) is 23.3 Å². The second kappa shape index (κ2) is 5.72. The number of carbonyl (C=O) groups excluding carboxylic acids is 1. The number of piperidine rings is 1. The van der Waals surface area contributed by atoms with Gasteiger partial charge < -0.3 is 9.64 Å². The lowest BCUT2D eigenvalue weighted by Gasteiger charge is -2.31. The zero-order chi connectivity index (χ0) is 12.1. The van der Waals surface area contributed by atoms with E-state index in [0.29, 0.717) is 11.6 Å². The van der Waals surface area contributed by atoms with Gasteiger partial charge in [0.25, 0.3) is 5.91 Å². The molecule has 0 aromatic carbocycles. The van der Waals surface area contributed by atoms with E-state index in [1.54, 1.807) is 19.5 Å². The third kappa shape index (κ3) is 3.00. The van der Waals surface area contributed by atoms with Crippen LogP contribution in [0.3, 0.4) is 0 Å². The van der Waals surface area contributed by atoms with Crippen molar-refractivity contribution in [2.75, 3.05) is 26.8 Å². The molecule has 1 fully saturated rings. The number of amides is 1. The number of carbonyl (C=O) groups is 1. The molecule has 1 amide bonds. The van der Waals surface area contributed by atoms with Crippen LogP contribution in [0.2, 0.25) is 0 Å². The number of hydrogen-bond donors (Lipinski definition) is 0. The zero-order valence-electron chi connectivity index (χ0n) is 10.0. The summed E-state index contributed by atoms with van der Waals surface area (Å²) in [5.41, 5.74) is 0.428. The van der Waals surface area contributed by atoms with E-state index >= 15 is 0 Å². The number of likely N-dealkylation sites (tertiary alicyclic amines) is 1. The lowest BCUT2D eigenvalue weighted by atomic mass is 9.97. The summed E-state index contributed by atoms with van der Waals surface area (Å²) in [6.07, 6.45) is 6.63. The fourth-order valence-electron chi connectivity index (χ4n) is 2.11. The van der Waals surface area contributed by atoms with Crippen molar-refractivity contribution < 1.29 is 9.53 Å². The number of aromatic nitrogens is 2. The van der Waals surface area contributed by atoms with Gasteiger partial charge in [0.2, 0.25) is 0 Å². The molecule has 5 nitrogen and oxygen atoms in total. The van der Waals surface area contributed by atoms with Crippen molar-refractivity contribution in [1.82, 2.24) is 14.9 Å². The number of ether oxygens (including phenoxy) is 1. The number of nitrogens with zero attached hydrogens (tertiary/aromatic N) is 3. The summed E-state index contributed by atoms with van der Waals surface area (Å²) in [6.45, 7) is 2.35. The molecule has 1 aromatic heterocycles. The van der Waals surface area contributed by atoms with Gasteiger partial charge in [-0.3, -0.25) is 9.78 Å². The minimum absolute atomic E-state index is 0.0195. The molecule has 0 saturated carbocycles. The largest absolute Gasteiger partial charge is 0.384 e. The van der Waals surface area contributed by atoms with E-state index in [2.05, 4.69) is 9.97 Å². The summed E-state index contributed by atoms with van der Waals surface area (Å²) in [7, 11) is 1.72. The van der Waals surface area contributed by atoms with Gasteiger partial charge in [-0.15, -0.1) is 0 Å². The van der Waals surface area contributed by atoms with E-state index in [1.165, 1.54) is 6.20 Å². The summed E-state index contributed by atoms with van der Waals surface area (Å²) in [5.74, 6) is 0.555. The summed E-state index contributed by atoms with van der Waals surface area (Å²) in [5, 5.41) is 0. The predicted molar refractivity (Wildman–Crippen MR) is 62.5 cm³/mol. The van der Waals surface area contributed by atoms with Gasteiger partial charge >= 0.3 is 0 Å². The molecule has 0 aliphatic carbocycles. The van der Waals surface area contributed by atoms with Crippen molar-refractivity contribution in [1.29, 1.82) is 0 Å². The zero-order valence-corrected chi connectivity index (χ0v) is 10.0. The van der Waals surface area contributed by atoms with Crippen LogP contribution in [0.5, 0.6) is 0 Å². The third-order valence-electron chi connectivity index (χ3n) is 3.09. The van der Waals surface area contributed by atoms with Crippen molar-refractivity contribution in [3.05, 3.63) is 24.3 Å². The van der Waals surface area contributed by atoms with Gasteiger partial charge in [0.15, 0.2) is 0 Å². The van der Waals surface area contributed by atoms with E-state index in [9.17, 15) is 4.79 Å². The Bertz CT molecular complexity index is 361. The highest BCUT2D eigenvalue weighted by Crippen LogP contribution is 2.18. The van der Waals surface area contributed by atoms with Crippen LogP contribution in [-0.2, 0) is 4.74 Å². The molecule has 1 saturated heterocycles. The monoisotopic (exact) mass is 235 g/mol. The van der Waals surface area contributed by atoms with Crippen LogP contribution >= 0.6 is 0 Å². The van der Waals surface area contributed by atoms with Crippen LogP contribution < -0.4 is 0 Å². The molecule has 0 N–H and O–H groups in total. The van der Waals surface area contributed by atoms with Gasteiger partial charge in [-0.1, -0.05) is 0 Å². The second-order valence-corrected chi connectivity index (χ2v) is 4.28. The van der Waals surface area contributed by atoms with E-state index in [-0.39, 0.29) is 5.91 Å². The van der Waals surface area contributed by atoms with Crippen LogP contribution in [0, 0.1) is 5.92 Å². The average molecular weight is 235 g/mol. The van der Waals surface area contributed by atoms with Crippen molar-refractivity contribution in [3.63, 3.8) is 0 Å². The van der Waals surface area contributed by atoms with E-state index in [0.717, 1.165) is 32.5 Å². The number of methoxy groups -OCH3 is 1. The van der Waals surface area contributed by atoms with Gasteiger partial charge in [0.1, 0.15) is 5.69 Å². The number of hydrogen-bond acceptors (Lipinski definition) is 4. The van der Waals surface area contributed by atoms with Gasteiger partial charge in [-0.2, -0.15) is 0 Å². The van der Waals surface area contributed by atoms with Gasteiger partial charge in [0.05, 0.1) is 6.20 Å². The quantitative estimate of drug-likeness (QED) is 0.783. The normalized spacial score (nSPS) is 17.1. The van der Waals surface area contributed by atoms with E-state index in [1.807, 2.05) is 4.90 Å². The Kier molecular flexibility index (Phi) is 4.03. The van der Waals surface area contributed by atoms with Crippen LogP contribution in [0.4, 0.5) is 0 Å². The first-order chi connectivity index (χ1) is 8.31. The minimum atomic E-state index is -0.0195. The molecule has 0 unspecified atom stereocenters. The molecule has 0 bridgehead atoms. The first kappa shape index (κ1) is 12.0. The van der Waals surface area contributed by atoms with Crippen LogP contribution in [0.25, 0.3) is 0 Å². The first-order valence-corrected chi connectivity index (χ1v) is 5.85. The van der Waals surface area contributed by atoms with Crippen LogP contribution in [-0.4, -0.2) is 47.6 Å². The minimum Gasteiger partial charge on any atom is -0.384 e. The molecule has 17 heavy (non-hydrogen) atoms. The Morgan fingerprint density at radius 3 is 2.82 bits per heavy atom. The standard InChI is InChI=1S/C12H17N3O2/c1-17-9-10-2-6-15(7-3-10)12(16)11-8-13-4-5-14-11/h4-5,8,10H,2-3,6-7,9H2,1H3. The van der Waals surface area contributed by atoms with Crippen molar-refractivity contribution >= 4 is 5.91 Å².